The summed E-state index contributed by atoms with van der Waals surface area (Å²) in [5.74, 6) is 0. The quantitative estimate of drug-likeness (QED) is 0.337. The van der Waals surface area contributed by atoms with E-state index >= 15 is 0 Å². The summed E-state index contributed by atoms with van der Waals surface area (Å²) in [5.41, 5.74) is -0.734. The lowest BCUT2D eigenvalue weighted by molar-refractivity contribution is -0.230. The second kappa shape index (κ2) is 6.45. The molecule has 4 atom stereocenters. The van der Waals surface area contributed by atoms with Crippen LogP contribution in [-0.4, -0.2) is 76.8 Å². The molecule has 2 aliphatic heterocycles. The van der Waals surface area contributed by atoms with Crippen LogP contribution in [-0.2, 0) is 4.74 Å². The van der Waals surface area contributed by atoms with E-state index in [-0.39, 0.29) is 13.0 Å². The maximum Gasteiger partial charge on any atom is 0.157 e. The van der Waals surface area contributed by atoms with Gasteiger partial charge in [0, 0.05) is 19.5 Å². The summed E-state index contributed by atoms with van der Waals surface area (Å²) in [7, 11) is 0. The Balaban J connectivity index is 1.75. The molecule has 0 aromatic heterocycles. The summed E-state index contributed by atoms with van der Waals surface area (Å²) >= 11 is 0. The van der Waals surface area contributed by atoms with Crippen molar-refractivity contribution in [3.05, 3.63) is 0 Å². The molecular weight excluding hydrogens is 252 g/mol. The molecular formula is C12H24N2O5. The van der Waals surface area contributed by atoms with Gasteiger partial charge in [0.05, 0.1) is 11.7 Å². The molecule has 7 heteroatoms. The van der Waals surface area contributed by atoms with Crippen LogP contribution in [0, 0.1) is 0 Å². The van der Waals surface area contributed by atoms with Crippen LogP contribution < -0.4 is 10.6 Å². The molecule has 7 nitrogen and oxygen atoms in total. The number of hydrogen-bond donors (Lipinski definition) is 6. The maximum atomic E-state index is 10.3. The van der Waals surface area contributed by atoms with E-state index in [2.05, 4.69) is 10.6 Å². The SMILES string of the molecule is OC1C[C@@H](O)OC(CNCC2(O)CCNCC2)[C@H]1O. The molecule has 2 aliphatic rings. The molecule has 0 saturated carbocycles. The van der Waals surface area contributed by atoms with Gasteiger partial charge in [0.1, 0.15) is 12.2 Å². The zero-order valence-electron chi connectivity index (χ0n) is 11.0. The Kier molecular flexibility index (Phi) is 5.13. The zero-order valence-corrected chi connectivity index (χ0v) is 11.0. The second-order valence-corrected chi connectivity index (χ2v) is 5.53. The first-order chi connectivity index (χ1) is 9.00. The van der Waals surface area contributed by atoms with E-state index in [4.69, 9.17) is 4.74 Å². The fraction of sp³-hybridized carbons (Fsp3) is 1.00. The first-order valence-electron chi connectivity index (χ1n) is 6.84. The molecule has 0 aliphatic carbocycles. The van der Waals surface area contributed by atoms with E-state index in [9.17, 15) is 20.4 Å². The number of aliphatic hydroxyl groups is 4. The largest absolute Gasteiger partial charge is 0.390 e. The van der Waals surface area contributed by atoms with Gasteiger partial charge in [-0.3, -0.25) is 0 Å². The van der Waals surface area contributed by atoms with Crippen LogP contribution in [0.15, 0.2) is 0 Å². The number of ether oxygens (including phenoxy) is 1. The Hall–Kier alpha value is -0.280. The van der Waals surface area contributed by atoms with Gasteiger partial charge in [-0.15, -0.1) is 0 Å². The van der Waals surface area contributed by atoms with Crippen molar-refractivity contribution in [3.63, 3.8) is 0 Å². The lowest BCUT2D eigenvalue weighted by Gasteiger charge is -2.37. The Morgan fingerprint density at radius 3 is 2.58 bits per heavy atom. The van der Waals surface area contributed by atoms with Crippen molar-refractivity contribution in [2.75, 3.05) is 26.2 Å². The van der Waals surface area contributed by atoms with Crippen molar-refractivity contribution in [1.82, 2.24) is 10.6 Å². The highest BCUT2D eigenvalue weighted by molar-refractivity contribution is 4.88. The minimum atomic E-state index is -1.05. The molecule has 19 heavy (non-hydrogen) atoms. The first kappa shape index (κ1) is 15.1. The molecule has 0 spiro atoms. The lowest BCUT2D eigenvalue weighted by atomic mass is 9.92. The average molecular weight is 276 g/mol. The highest BCUT2D eigenvalue weighted by Gasteiger charge is 2.36. The number of aliphatic hydroxyl groups excluding tert-OH is 3. The van der Waals surface area contributed by atoms with Crippen LogP contribution >= 0.6 is 0 Å². The highest BCUT2D eigenvalue weighted by Crippen LogP contribution is 2.20. The molecule has 2 fully saturated rings. The summed E-state index contributed by atoms with van der Waals surface area (Å²) < 4.78 is 5.18. The Bertz CT molecular complexity index is 285. The topological polar surface area (TPSA) is 114 Å². The number of nitrogens with one attached hydrogen (secondary N) is 2. The van der Waals surface area contributed by atoms with Crippen molar-refractivity contribution < 1.29 is 25.2 Å². The third-order valence-corrected chi connectivity index (χ3v) is 3.88. The third-order valence-electron chi connectivity index (χ3n) is 3.88. The Labute approximate surface area is 112 Å². The van der Waals surface area contributed by atoms with Crippen LogP contribution in [0.25, 0.3) is 0 Å². The molecule has 0 aromatic carbocycles. The Morgan fingerprint density at radius 2 is 1.89 bits per heavy atom. The van der Waals surface area contributed by atoms with E-state index in [1.165, 1.54) is 0 Å². The fourth-order valence-electron chi connectivity index (χ4n) is 2.62. The third kappa shape index (κ3) is 4.09. The van der Waals surface area contributed by atoms with E-state index in [1.54, 1.807) is 0 Å². The standard InChI is InChI=1S/C12H24N2O5/c15-8-5-10(16)19-9(11(8)17)6-14-7-12(18)1-3-13-4-2-12/h8-11,13-18H,1-7H2/t8?,9?,10-,11-/m0/s1. The number of rotatable bonds is 4. The van der Waals surface area contributed by atoms with Crippen LogP contribution in [0.1, 0.15) is 19.3 Å². The molecule has 0 bridgehead atoms. The van der Waals surface area contributed by atoms with Gasteiger partial charge in [0.2, 0.25) is 0 Å². The summed E-state index contributed by atoms with van der Waals surface area (Å²) in [4.78, 5) is 0. The molecule has 2 heterocycles. The highest BCUT2D eigenvalue weighted by atomic mass is 16.6. The van der Waals surface area contributed by atoms with Gasteiger partial charge in [-0.2, -0.15) is 0 Å². The summed E-state index contributed by atoms with van der Waals surface area (Å²) in [5, 5.41) is 45.2. The van der Waals surface area contributed by atoms with E-state index in [1.807, 2.05) is 0 Å². The molecule has 0 radical (unpaired) electrons. The number of piperidine rings is 1. The molecule has 6 N–H and O–H groups in total. The normalized spacial score (nSPS) is 39.2. The maximum absolute atomic E-state index is 10.3. The van der Waals surface area contributed by atoms with Gasteiger partial charge >= 0.3 is 0 Å². The predicted molar refractivity (Wildman–Crippen MR) is 67.4 cm³/mol. The van der Waals surface area contributed by atoms with Crippen LogP contribution in [0.4, 0.5) is 0 Å². The van der Waals surface area contributed by atoms with Gasteiger partial charge in [0.25, 0.3) is 0 Å². The van der Waals surface area contributed by atoms with Crippen molar-refractivity contribution in [3.8, 4) is 0 Å². The fourth-order valence-corrected chi connectivity index (χ4v) is 2.62. The minimum absolute atomic E-state index is 0.0211. The van der Waals surface area contributed by atoms with E-state index in [0.717, 1.165) is 13.1 Å². The van der Waals surface area contributed by atoms with Crippen molar-refractivity contribution >= 4 is 0 Å². The van der Waals surface area contributed by atoms with E-state index < -0.39 is 30.2 Å². The van der Waals surface area contributed by atoms with Gasteiger partial charge in [-0.25, -0.2) is 0 Å². The monoisotopic (exact) mass is 276 g/mol. The van der Waals surface area contributed by atoms with Crippen LogP contribution in [0.2, 0.25) is 0 Å². The van der Waals surface area contributed by atoms with Crippen LogP contribution in [0.5, 0.6) is 0 Å². The molecule has 0 aromatic rings. The first-order valence-corrected chi connectivity index (χ1v) is 6.84. The average Bonchev–Trinajstić information content (AvgIpc) is 2.36. The van der Waals surface area contributed by atoms with Crippen molar-refractivity contribution in [1.29, 1.82) is 0 Å². The minimum Gasteiger partial charge on any atom is -0.390 e. The summed E-state index contributed by atoms with van der Waals surface area (Å²) in [6, 6.07) is 0. The zero-order chi connectivity index (χ0) is 13.9. The van der Waals surface area contributed by atoms with Crippen LogP contribution in [0.3, 0.4) is 0 Å². The smallest absolute Gasteiger partial charge is 0.157 e. The van der Waals surface area contributed by atoms with Gasteiger partial charge in [0.15, 0.2) is 6.29 Å². The molecule has 0 amide bonds. The predicted octanol–water partition coefficient (Wildman–Crippen LogP) is -2.48. The van der Waals surface area contributed by atoms with Gasteiger partial charge in [-0.1, -0.05) is 0 Å². The molecule has 2 rings (SSSR count). The molecule has 2 unspecified atom stereocenters. The van der Waals surface area contributed by atoms with Crippen molar-refractivity contribution in [2.24, 2.45) is 0 Å². The summed E-state index contributed by atoms with van der Waals surface area (Å²) in [6.07, 6.45) is -2.32. The van der Waals surface area contributed by atoms with Crippen molar-refractivity contribution in [2.45, 2.75) is 49.5 Å². The summed E-state index contributed by atoms with van der Waals surface area (Å²) in [6.45, 7) is 2.27. The lowest BCUT2D eigenvalue weighted by Crippen LogP contribution is -2.54. The van der Waals surface area contributed by atoms with Gasteiger partial charge < -0.3 is 35.8 Å². The second-order valence-electron chi connectivity index (χ2n) is 5.53. The number of hydrogen-bond acceptors (Lipinski definition) is 7. The van der Waals surface area contributed by atoms with Gasteiger partial charge in [-0.05, 0) is 25.9 Å². The molecule has 2 saturated heterocycles. The van der Waals surface area contributed by atoms with E-state index in [0.29, 0.717) is 19.4 Å². The Morgan fingerprint density at radius 1 is 1.21 bits per heavy atom. The molecule has 112 valence electrons.